The van der Waals surface area contributed by atoms with Gasteiger partial charge < -0.3 is 4.74 Å². The maximum absolute atomic E-state index is 12.2. The third-order valence-electron chi connectivity index (χ3n) is 2.37. The molecule has 0 aromatic carbocycles. The van der Waals surface area contributed by atoms with Crippen LogP contribution >= 0.6 is 0 Å². The van der Waals surface area contributed by atoms with E-state index in [9.17, 15) is 18.0 Å². The Morgan fingerprint density at radius 3 is 2.58 bits per heavy atom. The van der Waals surface area contributed by atoms with Gasteiger partial charge in [0.05, 0.1) is 11.8 Å². The van der Waals surface area contributed by atoms with Crippen LogP contribution in [0.4, 0.5) is 13.2 Å². The van der Waals surface area contributed by atoms with Gasteiger partial charge in [0.25, 0.3) is 5.78 Å². The van der Waals surface area contributed by atoms with E-state index in [1.54, 1.807) is 0 Å². The summed E-state index contributed by atoms with van der Waals surface area (Å²) in [6.45, 7) is 7.19. The normalized spacial score (nSPS) is 12.7. The average Bonchev–Trinajstić information content (AvgIpc) is 2.69. The second-order valence-corrected chi connectivity index (χ2v) is 11.1. The number of hydrogen-bond donors (Lipinski definition) is 0. The number of ether oxygens (including phenoxy) is 1. The standard InChI is InChI=1S/C11H17F3N2O2Si/c1-19(2,3)5-4-18-8-16-7-9(6-15-16)10(17)11(12,13)14/h6-7H,4-5,8H2,1-3H3. The number of Topliss-reactive ketones (excluding diaryl/α,β-unsaturated/α-hetero) is 1. The third kappa shape index (κ3) is 5.56. The van der Waals surface area contributed by atoms with Gasteiger partial charge in [-0.15, -0.1) is 0 Å². The van der Waals surface area contributed by atoms with Gasteiger partial charge in [0.1, 0.15) is 6.73 Å². The van der Waals surface area contributed by atoms with E-state index in [2.05, 4.69) is 24.7 Å². The van der Waals surface area contributed by atoms with Gasteiger partial charge in [-0.2, -0.15) is 18.3 Å². The first-order valence-corrected chi connectivity index (χ1v) is 9.52. The summed E-state index contributed by atoms with van der Waals surface area (Å²) >= 11 is 0. The van der Waals surface area contributed by atoms with Gasteiger partial charge in [-0.05, 0) is 6.04 Å². The van der Waals surface area contributed by atoms with Crippen LogP contribution in [0, 0.1) is 0 Å². The fraction of sp³-hybridized carbons (Fsp3) is 0.636. The number of hydrogen-bond acceptors (Lipinski definition) is 3. The highest BCUT2D eigenvalue weighted by molar-refractivity contribution is 6.76. The molecule has 0 fully saturated rings. The van der Waals surface area contributed by atoms with Crippen molar-refractivity contribution in [3.63, 3.8) is 0 Å². The molecule has 1 aromatic rings. The Hall–Kier alpha value is -1.15. The minimum absolute atomic E-state index is 0.0512. The molecule has 4 nitrogen and oxygen atoms in total. The van der Waals surface area contributed by atoms with Crippen LogP contribution in [0.3, 0.4) is 0 Å². The van der Waals surface area contributed by atoms with E-state index in [0.717, 1.165) is 18.4 Å². The van der Waals surface area contributed by atoms with E-state index in [-0.39, 0.29) is 6.73 Å². The van der Waals surface area contributed by atoms with Crippen LogP contribution in [0.2, 0.25) is 25.7 Å². The third-order valence-corrected chi connectivity index (χ3v) is 4.08. The molecule has 1 rings (SSSR count). The molecule has 0 bridgehead atoms. The first kappa shape index (κ1) is 15.9. The molecule has 0 aliphatic carbocycles. The molecule has 0 saturated carbocycles. The molecular formula is C11H17F3N2O2Si. The van der Waals surface area contributed by atoms with Gasteiger partial charge in [0, 0.05) is 20.9 Å². The minimum atomic E-state index is -4.87. The molecule has 1 aromatic heterocycles. The summed E-state index contributed by atoms with van der Waals surface area (Å²) in [5.74, 6) is -1.89. The van der Waals surface area contributed by atoms with Crippen molar-refractivity contribution < 1.29 is 22.7 Å². The Morgan fingerprint density at radius 1 is 1.42 bits per heavy atom. The van der Waals surface area contributed by atoms with Crippen molar-refractivity contribution in [1.29, 1.82) is 0 Å². The van der Waals surface area contributed by atoms with Crippen molar-refractivity contribution >= 4 is 13.9 Å². The molecule has 0 saturated heterocycles. The van der Waals surface area contributed by atoms with E-state index < -0.39 is 25.6 Å². The lowest BCUT2D eigenvalue weighted by Gasteiger charge is -2.15. The summed E-state index contributed by atoms with van der Waals surface area (Å²) in [6.07, 6.45) is -2.92. The van der Waals surface area contributed by atoms with Crippen molar-refractivity contribution in [2.75, 3.05) is 6.61 Å². The summed E-state index contributed by atoms with van der Waals surface area (Å²) in [5.41, 5.74) is -0.471. The molecule has 0 radical (unpaired) electrons. The molecule has 0 atom stereocenters. The Labute approximate surface area is 110 Å². The SMILES string of the molecule is C[Si](C)(C)CCOCn1cc(C(=O)C(F)(F)F)cn1. The van der Waals surface area contributed by atoms with Crippen molar-refractivity contribution in [2.45, 2.75) is 38.6 Å². The predicted molar refractivity (Wildman–Crippen MR) is 66.7 cm³/mol. The monoisotopic (exact) mass is 294 g/mol. The smallest absolute Gasteiger partial charge is 0.360 e. The highest BCUT2D eigenvalue weighted by Crippen LogP contribution is 2.20. The lowest BCUT2D eigenvalue weighted by molar-refractivity contribution is -0.0885. The molecule has 108 valence electrons. The highest BCUT2D eigenvalue weighted by Gasteiger charge is 2.39. The highest BCUT2D eigenvalue weighted by atomic mass is 28.3. The van der Waals surface area contributed by atoms with Crippen LogP contribution in [-0.4, -0.2) is 36.4 Å². The van der Waals surface area contributed by atoms with Crippen LogP contribution in [0.15, 0.2) is 12.4 Å². The molecular weight excluding hydrogens is 277 g/mol. The molecule has 0 amide bonds. The first-order chi connectivity index (χ1) is 8.59. The zero-order valence-electron chi connectivity index (χ0n) is 11.1. The molecule has 0 spiro atoms. The van der Waals surface area contributed by atoms with E-state index in [0.29, 0.717) is 6.61 Å². The maximum atomic E-state index is 12.2. The summed E-state index contributed by atoms with van der Waals surface area (Å²) in [5, 5.41) is 3.67. The quantitative estimate of drug-likeness (QED) is 0.460. The Morgan fingerprint density at radius 2 is 2.05 bits per heavy atom. The summed E-state index contributed by atoms with van der Waals surface area (Å²) in [4.78, 5) is 10.9. The number of alkyl halides is 3. The number of carbonyl (C=O) groups is 1. The van der Waals surface area contributed by atoms with E-state index >= 15 is 0 Å². The van der Waals surface area contributed by atoms with Crippen molar-refractivity contribution in [3.8, 4) is 0 Å². The lowest BCUT2D eigenvalue weighted by atomic mass is 10.2. The van der Waals surface area contributed by atoms with E-state index in [1.165, 1.54) is 4.68 Å². The number of aromatic nitrogens is 2. The van der Waals surface area contributed by atoms with Crippen LogP contribution in [0.1, 0.15) is 10.4 Å². The molecule has 0 N–H and O–H groups in total. The number of ketones is 1. The molecule has 1 heterocycles. The Balaban J connectivity index is 2.46. The predicted octanol–water partition coefficient (Wildman–Crippen LogP) is 2.94. The summed E-state index contributed by atoms with van der Waals surface area (Å²) < 4.78 is 43.0. The van der Waals surface area contributed by atoms with Gasteiger partial charge in [-0.3, -0.25) is 4.79 Å². The topological polar surface area (TPSA) is 44.1 Å². The van der Waals surface area contributed by atoms with E-state index in [1.807, 2.05) is 0 Å². The van der Waals surface area contributed by atoms with Crippen LogP contribution in [-0.2, 0) is 11.5 Å². The van der Waals surface area contributed by atoms with Crippen molar-refractivity contribution in [2.24, 2.45) is 0 Å². The number of rotatable bonds is 6. The lowest BCUT2D eigenvalue weighted by Crippen LogP contribution is -2.22. The summed E-state index contributed by atoms with van der Waals surface area (Å²) in [7, 11) is -1.19. The van der Waals surface area contributed by atoms with Gasteiger partial charge in [0.15, 0.2) is 0 Å². The average molecular weight is 294 g/mol. The molecule has 8 heteroatoms. The van der Waals surface area contributed by atoms with Gasteiger partial charge in [0.2, 0.25) is 0 Å². The minimum Gasteiger partial charge on any atom is -0.360 e. The largest absolute Gasteiger partial charge is 0.454 e. The second kappa shape index (κ2) is 5.87. The fourth-order valence-corrected chi connectivity index (χ4v) is 2.01. The number of carbonyl (C=O) groups excluding carboxylic acids is 1. The molecule has 19 heavy (non-hydrogen) atoms. The van der Waals surface area contributed by atoms with E-state index in [4.69, 9.17) is 4.74 Å². The van der Waals surface area contributed by atoms with Crippen molar-refractivity contribution in [1.82, 2.24) is 9.78 Å². The van der Waals surface area contributed by atoms with Crippen LogP contribution in [0.5, 0.6) is 0 Å². The van der Waals surface area contributed by atoms with Gasteiger partial charge in [-0.1, -0.05) is 19.6 Å². The number of nitrogens with zero attached hydrogens (tertiary/aromatic N) is 2. The maximum Gasteiger partial charge on any atom is 0.454 e. The first-order valence-electron chi connectivity index (χ1n) is 5.81. The molecule has 0 unspecified atom stereocenters. The van der Waals surface area contributed by atoms with Gasteiger partial charge in [-0.25, -0.2) is 4.68 Å². The summed E-state index contributed by atoms with van der Waals surface area (Å²) in [6, 6.07) is 0.961. The zero-order valence-corrected chi connectivity index (χ0v) is 12.1. The Kier molecular flexibility index (Phi) is 4.91. The molecule has 0 aliphatic rings. The van der Waals surface area contributed by atoms with Gasteiger partial charge >= 0.3 is 6.18 Å². The Bertz CT molecular complexity index is 438. The number of halogens is 3. The second-order valence-electron chi connectivity index (χ2n) is 5.44. The molecule has 0 aliphatic heterocycles. The fourth-order valence-electron chi connectivity index (χ4n) is 1.25. The van der Waals surface area contributed by atoms with Crippen LogP contribution in [0.25, 0.3) is 0 Å². The zero-order chi connectivity index (χ0) is 14.7. The van der Waals surface area contributed by atoms with Crippen molar-refractivity contribution in [3.05, 3.63) is 18.0 Å². The van der Waals surface area contributed by atoms with Crippen LogP contribution < -0.4 is 0 Å².